The highest BCUT2D eigenvalue weighted by Crippen LogP contribution is 2.32. The molecule has 0 radical (unpaired) electrons. The van der Waals surface area contributed by atoms with Crippen LogP contribution in [0, 0.1) is 5.41 Å². The summed E-state index contributed by atoms with van der Waals surface area (Å²) < 4.78 is 0. The number of ketones is 1. The van der Waals surface area contributed by atoms with Crippen LogP contribution in [0.3, 0.4) is 0 Å². The summed E-state index contributed by atoms with van der Waals surface area (Å²) in [7, 11) is 0. The van der Waals surface area contributed by atoms with Crippen molar-refractivity contribution in [2.45, 2.75) is 39.7 Å². The van der Waals surface area contributed by atoms with Gasteiger partial charge in [0.25, 0.3) is 0 Å². The molecule has 1 amide bonds. The Bertz CT molecular complexity index is 232. The highest BCUT2D eigenvalue weighted by Gasteiger charge is 2.43. The molecule has 0 heterocycles. The van der Waals surface area contributed by atoms with Gasteiger partial charge < -0.3 is 16.3 Å². The molecule has 0 rings (SSSR count). The number of amides is 1. The van der Waals surface area contributed by atoms with Crippen molar-refractivity contribution in [3.05, 3.63) is 0 Å². The number of Topliss-reactive ketones (excluding diaryl/α,β-unsaturated/α-hetero) is 1. The zero-order chi connectivity index (χ0) is 10.9. The minimum Gasteiger partial charge on any atom is -0.368 e. The van der Waals surface area contributed by atoms with Crippen LogP contribution in [-0.2, 0) is 9.59 Å². The fourth-order valence-corrected chi connectivity index (χ4v) is 1.14. The maximum absolute atomic E-state index is 11.0. The van der Waals surface area contributed by atoms with Crippen LogP contribution in [0.25, 0.3) is 0 Å². The topological polar surface area (TPSA) is 86.2 Å². The summed E-state index contributed by atoms with van der Waals surface area (Å²) in [6.45, 7) is 6.55. The van der Waals surface area contributed by atoms with Crippen LogP contribution < -0.4 is 11.5 Å². The lowest BCUT2D eigenvalue weighted by molar-refractivity contribution is -0.128. The number of carbonyl (C=O) groups excluding carboxylic acids is 2. The van der Waals surface area contributed by atoms with E-state index in [0.29, 0.717) is 0 Å². The van der Waals surface area contributed by atoms with Crippen molar-refractivity contribution in [2.75, 3.05) is 0 Å². The minimum atomic E-state index is -1.15. The van der Waals surface area contributed by atoms with E-state index in [1.165, 1.54) is 6.92 Å². The standard InChI is InChI=1S/C9H18N2O2/c1-6(12)5-8(2,3)9(4,11)7(10)13/h5,11H2,1-4H3,(H2,10,13). The molecule has 0 aliphatic rings. The van der Waals surface area contributed by atoms with Gasteiger partial charge in [-0.2, -0.15) is 0 Å². The third-order valence-corrected chi connectivity index (χ3v) is 2.61. The van der Waals surface area contributed by atoms with Crippen LogP contribution in [-0.4, -0.2) is 17.2 Å². The van der Waals surface area contributed by atoms with Gasteiger partial charge >= 0.3 is 0 Å². The molecule has 0 bridgehead atoms. The van der Waals surface area contributed by atoms with Gasteiger partial charge in [-0.25, -0.2) is 0 Å². The average molecular weight is 186 g/mol. The molecule has 0 saturated heterocycles. The van der Waals surface area contributed by atoms with Crippen molar-refractivity contribution < 1.29 is 9.59 Å². The molecule has 4 N–H and O–H groups in total. The first-order valence-corrected chi connectivity index (χ1v) is 4.19. The Morgan fingerprint density at radius 2 is 1.62 bits per heavy atom. The molecule has 0 spiro atoms. The molecule has 76 valence electrons. The van der Waals surface area contributed by atoms with E-state index >= 15 is 0 Å². The maximum atomic E-state index is 11.0. The molecule has 4 nitrogen and oxygen atoms in total. The number of primary amides is 1. The quantitative estimate of drug-likeness (QED) is 0.657. The SMILES string of the molecule is CC(=O)CC(C)(C)C(C)(N)C(N)=O. The van der Waals surface area contributed by atoms with Crippen molar-refractivity contribution >= 4 is 11.7 Å². The molecule has 0 aromatic carbocycles. The maximum Gasteiger partial charge on any atom is 0.237 e. The van der Waals surface area contributed by atoms with Crippen molar-refractivity contribution in [1.29, 1.82) is 0 Å². The second-order valence-corrected chi connectivity index (χ2v) is 4.33. The van der Waals surface area contributed by atoms with E-state index in [1.54, 1.807) is 20.8 Å². The summed E-state index contributed by atoms with van der Waals surface area (Å²) in [5.41, 5.74) is 9.16. The number of carbonyl (C=O) groups is 2. The summed E-state index contributed by atoms with van der Waals surface area (Å²) in [6.07, 6.45) is 0.253. The highest BCUT2D eigenvalue weighted by molar-refractivity contribution is 5.86. The Labute approximate surface area is 78.7 Å². The first-order valence-electron chi connectivity index (χ1n) is 4.19. The summed E-state index contributed by atoms with van der Waals surface area (Å²) in [5.74, 6) is -0.582. The van der Waals surface area contributed by atoms with Crippen LogP contribution in [0.2, 0.25) is 0 Å². The van der Waals surface area contributed by atoms with Gasteiger partial charge in [0.1, 0.15) is 5.78 Å². The molecule has 1 atom stereocenters. The third kappa shape index (κ3) is 2.52. The average Bonchev–Trinajstić information content (AvgIpc) is 1.83. The van der Waals surface area contributed by atoms with Crippen molar-refractivity contribution in [2.24, 2.45) is 16.9 Å². The summed E-state index contributed by atoms with van der Waals surface area (Å²) >= 11 is 0. The molecular weight excluding hydrogens is 168 g/mol. The zero-order valence-electron chi connectivity index (χ0n) is 8.68. The normalized spacial score (nSPS) is 16.4. The van der Waals surface area contributed by atoms with Gasteiger partial charge in [0.15, 0.2) is 0 Å². The molecule has 0 aromatic heterocycles. The lowest BCUT2D eigenvalue weighted by Crippen LogP contribution is -2.59. The number of hydrogen-bond donors (Lipinski definition) is 2. The van der Waals surface area contributed by atoms with Crippen LogP contribution in [0.5, 0.6) is 0 Å². The predicted octanol–water partition coefficient (Wildman–Crippen LogP) is 0.194. The Balaban J connectivity index is 4.80. The van der Waals surface area contributed by atoms with Crippen molar-refractivity contribution in [3.63, 3.8) is 0 Å². The number of hydrogen-bond acceptors (Lipinski definition) is 3. The molecule has 1 unspecified atom stereocenters. The van der Waals surface area contributed by atoms with E-state index in [-0.39, 0.29) is 12.2 Å². The third-order valence-electron chi connectivity index (χ3n) is 2.61. The highest BCUT2D eigenvalue weighted by atomic mass is 16.1. The van der Waals surface area contributed by atoms with Gasteiger partial charge in [0, 0.05) is 6.42 Å². The van der Waals surface area contributed by atoms with Crippen LogP contribution >= 0.6 is 0 Å². The smallest absolute Gasteiger partial charge is 0.237 e. The van der Waals surface area contributed by atoms with E-state index in [0.717, 1.165) is 0 Å². The second kappa shape index (κ2) is 3.46. The van der Waals surface area contributed by atoms with E-state index < -0.39 is 16.9 Å². The van der Waals surface area contributed by atoms with Gasteiger partial charge in [0.05, 0.1) is 5.54 Å². The fraction of sp³-hybridized carbons (Fsp3) is 0.778. The molecule has 13 heavy (non-hydrogen) atoms. The molecule has 0 aromatic rings. The largest absolute Gasteiger partial charge is 0.368 e. The lowest BCUT2D eigenvalue weighted by Gasteiger charge is -2.38. The molecule has 4 heteroatoms. The van der Waals surface area contributed by atoms with E-state index in [2.05, 4.69) is 0 Å². The van der Waals surface area contributed by atoms with Gasteiger partial charge in [-0.1, -0.05) is 13.8 Å². The monoisotopic (exact) mass is 186 g/mol. The molecule has 0 saturated carbocycles. The molecule has 0 aliphatic carbocycles. The zero-order valence-corrected chi connectivity index (χ0v) is 8.68. The molecule has 0 aliphatic heterocycles. The Morgan fingerprint density at radius 1 is 1.23 bits per heavy atom. The predicted molar refractivity (Wildman–Crippen MR) is 50.9 cm³/mol. The van der Waals surface area contributed by atoms with Crippen LogP contribution in [0.4, 0.5) is 0 Å². The van der Waals surface area contributed by atoms with Crippen LogP contribution in [0.1, 0.15) is 34.1 Å². The Kier molecular flexibility index (Phi) is 3.22. The molecule has 0 fully saturated rings. The van der Waals surface area contributed by atoms with E-state index in [1.807, 2.05) is 0 Å². The van der Waals surface area contributed by atoms with Gasteiger partial charge in [-0.3, -0.25) is 4.79 Å². The summed E-state index contributed by atoms with van der Waals surface area (Å²) in [5, 5.41) is 0. The first kappa shape index (κ1) is 12.1. The van der Waals surface area contributed by atoms with Gasteiger partial charge in [-0.05, 0) is 19.3 Å². The van der Waals surface area contributed by atoms with Gasteiger partial charge in [0.2, 0.25) is 5.91 Å². The van der Waals surface area contributed by atoms with Crippen molar-refractivity contribution in [1.82, 2.24) is 0 Å². The minimum absolute atomic E-state index is 0.00271. The summed E-state index contributed by atoms with van der Waals surface area (Å²) in [4.78, 5) is 22.0. The van der Waals surface area contributed by atoms with Crippen LogP contribution in [0.15, 0.2) is 0 Å². The summed E-state index contributed by atoms with van der Waals surface area (Å²) in [6, 6.07) is 0. The fourth-order valence-electron chi connectivity index (χ4n) is 1.14. The number of nitrogens with two attached hydrogens (primary N) is 2. The lowest BCUT2D eigenvalue weighted by atomic mass is 9.70. The molecular formula is C9H18N2O2. The van der Waals surface area contributed by atoms with Crippen molar-refractivity contribution in [3.8, 4) is 0 Å². The first-order chi connectivity index (χ1) is 5.61. The van der Waals surface area contributed by atoms with E-state index in [4.69, 9.17) is 11.5 Å². The van der Waals surface area contributed by atoms with Gasteiger partial charge in [-0.15, -0.1) is 0 Å². The Morgan fingerprint density at radius 3 is 1.85 bits per heavy atom. The van der Waals surface area contributed by atoms with E-state index in [9.17, 15) is 9.59 Å². The Hall–Kier alpha value is -0.900. The second-order valence-electron chi connectivity index (χ2n) is 4.33. The number of rotatable bonds is 4.